The van der Waals surface area contributed by atoms with Gasteiger partial charge in [0.25, 0.3) is 0 Å². The van der Waals surface area contributed by atoms with Crippen LogP contribution in [-0.4, -0.2) is 54.3 Å². The van der Waals surface area contributed by atoms with Gasteiger partial charge in [-0.15, -0.1) is 0 Å². The predicted octanol–water partition coefficient (Wildman–Crippen LogP) is 3.11. The van der Waals surface area contributed by atoms with Crippen LogP contribution in [0.25, 0.3) is 0 Å². The summed E-state index contributed by atoms with van der Waals surface area (Å²) in [5, 5.41) is 2.86. The van der Waals surface area contributed by atoms with E-state index in [1.807, 2.05) is 12.1 Å². The van der Waals surface area contributed by atoms with Crippen LogP contribution in [-0.2, 0) is 4.74 Å². The van der Waals surface area contributed by atoms with E-state index in [0.717, 1.165) is 51.2 Å². The summed E-state index contributed by atoms with van der Waals surface area (Å²) >= 11 is 5.68. The number of aromatic nitrogens is 2. The van der Waals surface area contributed by atoms with Gasteiger partial charge in [0.2, 0.25) is 5.28 Å². The first-order valence-electron chi connectivity index (χ1n) is 8.19. The molecule has 1 aliphatic rings. The summed E-state index contributed by atoms with van der Waals surface area (Å²) in [6, 6.07) is 7.26. The Balaban J connectivity index is 1.44. The molecule has 0 bridgehead atoms. The van der Waals surface area contributed by atoms with E-state index in [4.69, 9.17) is 21.1 Å². The minimum atomic E-state index is -0.562. The molecule has 1 aliphatic heterocycles. The van der Waals surface area contributed by atoms with Crippen LogP contribution in [0.3, 0.4) is 0 Å². The van der Waals surface area contributed by atoms with Gasteiger partial charge >= 0.3 is 0 Å². The number of hydrogen-bond donors (Lipinski definition) is 1. The molecule has 0 unspecified atom stereocenters. The molecule has 0 saturated carbocycles. The van der Waals surface area contributed by atoms with Gasteiger partial charge in [-0.2, -0.15) is 4.98 Å². The lowest BCUT2D eigenvalue weighted by atomic mass is 10.3. The molecule has 1 saturated heterocycles. The van der Waals surface area contributed by atoms with Crippen molar-refractivity contribution < 1.29 is 13.9 Å². The largest absolute Gasteiger partial charge is 0.494 e. The first-order chi connectivity index (χ1) is 12.2. The third-order valence-electron chi connectivity index (χ3n) is 3.82. The fraction of sp³-hybridized carbons (Fsp3) is 0.412. The van der Waals surface area contributed by atoms with Crippen molar-refractivity contribution in [3.05, 3.63) is 41.6 Å². The topological polar surface area (TPSA) is 59.5 Å². The van der Waals surface area contributed by atoms with Crippen LogP contribution in [0.1, 0.15) is 6.42 Å². The van der Waals surface area contributed by atoms with Gasteiger partial charge in [0.05, 0.1) is 26.0 Å². The predicted molar refractivity (Wildman–Crippen MR) is 94.1 cm³/mol. The number of anilines is 2. The van der Waals surface area contributed by atoms with E-state index in [2.05, 4.69) is 20.2 Å². The zero-order chi connectivity index (χ0) is 17.5. The Morgan fingerprint density at radius 1 is 1.24 bits per heavy atom. The summed E-state index contributed by atoms with van der Waals surface area (Å²) in [6.07, 6.45) is 1.99. The molecular weight excluding hydrogens is 347 g/mol. The molecule has 0 aliphatic carbocycles. The quantitative estimate of drug-likeness (QED) is 0.600. The van der Waals surface area contributed by atoms with Gasteiger partial charge in [-0.1, -0.05) is 0 Å². The van der Waals surface area contributed by atoms with Gasteiger partial charge in [0.15, 0.2) is 11.6 Å². The Morgan fingerprint density at radius 2 is 2.00 bits per heavy atom. The van der Waals surface area contributed by atoms with Crippen LogP contribution in [0.5, 0.6) is 5.75 Å². The van der Waals surface area contributed by atoms with E-state index in [0.29, 0.717) is 12.3 Å². The number of hydrogen-bond acceptors (Lipinski definition) is 6. The minimum absolute atomic E-state index is 0.0101. The Kier molecular flexibility index (Phi) is 6.38. The molecule has 134 valence electrons. The maximum atomic E-state index is 13.6. The van der Waals surface area contributed by atoms with Crippen molar-refractivity contribution in [2.75, 3.05) is 44.8 Å². The third-order valence-corrected chi connectivity index (χ3v) is 4.00. The second-order valence-electron chi connectivity index (χ2n) is 5.64. The monoisotopic (exact) mass is 366 g/mol. The second kappa shape index (κ2) is 8.94. The van der Waals surface area contributed by atoms with E-state index in [1.54, 1.807) is 12.1 Å². The van der Waals surface area contributed by atoms with Crippen LogP contribution in [0.4, 0.5) is 15.9 Å². The Bertz CT molecular complexity index is 681. The molecular formula is C17H20ClFN4O2. The molecule has 1 fully saturated rings. The fourth-order valence-electron chi connectivity index (χ4n) is 2.51. The van der Waals surface area contributed by atoms with Gasteiger partial charge in [0, 0.05) is 25.3 Å². The normalized spacial score (nSPS) is 15.1. The summed E-state index contributed by atoms with van der Waals surface area (Å²) in [7, 11) is 0. The maximum Gasteiger partial charge on any atom is 0.224 e. The van der Waals surface area contributed by atoms with Crippen LogP contribution < -0.4 is 10.1 Å². The van der Waals surface area contributed by atoms with Crippen molar-refractivity contribution in [2.45, 2.75) is 6.42 Å². The SMILES string of the molecule is Fc1cnc(Cl)nc1Nc1ccc(OCCCN2CCOCC2)cc1. The maximum absolute atomic E-state index is 13.6. The van der Waals surface area contributed by atoms with Crippen molar-refractivity contribution in [3.8, 4) is 5.75 Å². The highest BCUT2D eigenvalue weighted by Gasteiger charge is 2.09. The van der Waals surface area contributed by atoms with Gasteiger partial charge in [-0.3, -0.25) is 4.90 Å². The minimum Gasteiger partial charge on any atom is -0.494 e. The van der Waals surface area contributed by atoms with Gasteiger partial charge < -0.3 is 14.8 Å². The Labute approximate surface area is 150 Å². The highest BCUT2D eigenvalue weighted by atomic mass is 35.5. The first-order valence-corrected chi connectivity index (χ1v) is 8.56. The summed E-state index contributed by atoms with van der Waals surface area (Å²) in [6.45, 7) is 5.27. The van der Waals surface area contributed by atoms with Gasteiger partial charge in [-0.25, -0.2) is 9.37 Å². The molecule has 0 spiro atoms. The van der Waals surface area contributed by atoms with Crippen molar-refractivity contribution in [1.82, 2.24) is 14.9 Å². The molecule has 0 atom stereocenters. The van der Waals surface area contributed by atoms with Crippen LogP contribution in [0.2, 0.25) is 5.28 Å². The fourth-order valence-corrected chi connectivity index (χ4v) is 2.64. The zero-order valence-corrected chi connectivity index (χ0v) is 14.5. The number of nitrogens with zero attached hydrogens (tertiary/aromatic N) is 3. The number of ether oxygens (including phenoxy) is 2. The van der Waals surface area contributed by atoms with E-state index in [9.17, 15) is 4.39 Å². The molecule has 6 nitrogen and oxygen atoms in total. The lowest BCUT2D eigenvalue weighted by molar-refractivity contribution is 0.0358. The van der Waals surface area contributed by atoms with E-state index in [1.165, 1.54) is 0 Å². The number of morpholine rings is 1. The molecule has 2 aromatic rings. The molecule has 2 heterocycles. The Morgan fingerprint density at radius 3 is 2.76 bits per heavy atom. The molecule has 0 amide bonds. The van der Waals surface area contributed by atoms with Crippen molar-refractivity contribution in [3.63, 3.8) is 0 Å². The number of benzene rings is 1. The molecule has 0 radical (unpaired) electrons. The summed E-state index contributed by atoms with van der Waals surface area (Å²) in [5.41, 5.74) is 0.689. The molecule has 1 N–H and O–H groups in total. The van der Waals surface area contributed by atoms with Gasteiger partial charge in [0.1, 0.15) is 5.75 Å². The Hall–Kier alpha value is -1.96. The molecule has 25 heavy (non-hydrogen) atoms. The van der Waals surface area contributed by atoms with Crippen molar-refractivity contribution in [1.29, 1.82) is 0 Å². The number of rotatable bonds is 7. The number of halogens is 2. The van der Waals surface area contributed by atoms with Crippen LogP contribution in [0, 0.1) is 5.82 Å². The zero-order valence-electron chi connectivity index (χ0n) is 13.8. The summed E-state index contributed by atoms with van der Waals surface area (Å²) < 4.78 is 24.7. The van der Waals surface area contributed by atoms with E-state index in [-0.39, 0.29) is 11.1 Å². The molecule has 1 aromatic carbocycles. The first kappa shape index (κ1) is 17.8. The number of nitrogens with one attached hydrogen (secondary N) is 1. The van der Waals surface area contributed by atoms with E-state index < -0.39 is 5.82 Å². The van der Waals surface area contributed by atoms with Gasteiger partial charge in [-0.05, 0) is 42.3 Å². The summed E-state index contributed by atoms with van der Waals surface area (Å²) in [4.78, 5) is 9.77. The molecule has 8 heteroatoms. The second-order valence-corrected chi connectivity index (χ2v) is 5.98. The van der Waals surface area contributed by atoms with Crippen LogP contribution in [0.15, 0.2) is 30.5 Å². The summed E-state index contributed by atoms with van der Waals surface area (Å²) in [5.74, 6) is 0.251. The lowest BCUT2D eigenvalue weighted by Gasteiger charge is -2.26. The highest BCUT2D eigenvalue weighted by molar-refractivity contribution is 6.28. The average molecular weight is 367 g/mol. The van der Waals surface area contributed by atoms with Crippen molar-refractivity contribution in [2.24, 2.45) is 0 Å². The molecule has 3 rings (SSSR count). The lowest BCUT2D eigenvalue weighted by Crippen LogP contribution is -2.37. The average Bonchev–Trinajstić information content (AvgIpc) is 2.64. The van der Waals surface area contributed by atoms with Crippen LogP contribution >= 0.6 is 11.6 Å². The van der Waals surface area contributed by atoms with E-state index >= 15 is 0 Å². The standard InChI is InChI=1S/C17H20ClFN4O2/c18-17-20-12-15(19)16(22-17)21-13-2-4-14(5-3-13)25-9-1-6-23-7-10-24-11-8-23/h2-5,12H,1,6-11H2,(H,20,21,22). The molecule has 1 aromatic heterocycles. The third kappa shape index (κ3) is 5.52. The highest BCUT2D eigenvalue weighted by Crippen LogP contribution is 2.21. The van der Waals surface area contributed by atoms with Crippen molar-refractivity contribution >= 4 is 23.1 Å². The smallest absolute Gasteiger partial charge is 0.224 e.